The Kier molecular flexibility index (Phi) is 9.91. The number of nitrogens with zero attached hydrogens (tertiary/aromatic N) is 2. The normalized spacial score (nSPS) is 11.2. The average Bonchev–Trinajstić information content (AvgIpc) is 3.09. The standard InChI is InChI=1S/C26H36N2S2/c1-2-3-4-5-6-7-8-9-10-16-21-27(23-17-12-11-13-18-23)22-28-24-19-14-15-20-25(24)30-26(28)29/h11-15,17-20H,2-10,16,21-22H2,1H3. The van der Waals surface area contributed by atoms with E-state index in [-0.39, 0.29) is 0 Å². The molecule has 2 aromatic carbocycles. The molecule has 2 nitrogen and oxygen atoms in total. The van der Waals surface area contributed by atoms with Crippen molar-refractivity contribution in [2.45, 2.75) is 77.8 Å². The van der Waals surface area contributed by atoms with Gasteiger partial charge in [0.15, 0.2) is 3.95 Å². The number of hydrogen-bond donors (Lipinski definition) is 0. The van der Waals surface area contributed by atoms with E-state index in [2.05, 4.69) is 71.0 Å². The number of hydrogen-bond acceptors (Lipinski definition) is 3. The van der Waals surface area contributed by atoms with Crippen LogP contribution >= 0.6 is 23.6 Å². The number of rotatable bonds is 14. The number of anilines is 1. The maximum Gasteiger partial charge on any atom is 0.163 e. The maximum absolute atomic E-state index is 5.70. The molecule has 0 N–H and O–H groups in total. The highest BCUT2D eigenvalue weighted by Crippen LogP contribution is 2.25. The molecule has 0 spiro atoms. The van der Waals surface area contributed by atoms with Gasteiger partial charge in [-0.2, -0.15) is 0 Å². The zero-order chi connectivity index (χ0) is 21.0. The molecule has 0 aliphatic carbocycles. The topological polar surface area (TPSA) is 8.17 Å². The number of aromatic nitrogens is 1. The van der Waals surface area contributed by atoms with Crippen LogP contribution in [0.1, 0.15) is 71.1 Å². The van der Waals surface area contributed by atoms with E-state index in [1.807, 2.05) is 0 Å². The molecule has 0 saturated heterocycles. The predicted octanol–water partition coefficient (Wildman–Crippen LogP) is 8.82. The van der Waals surface area contributed by atoms with Crippen LogP contribution in [-0.4, -0.2) is 11.1 Å². The molecule has 0 aliphatic heterocycles. The van der Waals surface area contributed by atoms with Crippen molar-refractivity contribution in [2.75, 3.05) is 11.4 Å². The second kappa shape index (κ2) is 12.9. The quantitative estimate of drug-likeness (QED) is 0.183. The van der Waals surface area contributed by atoms with Crippen molar-refractivity contribution in [1.82, 2.24) is 4.57 Å². The van der Waals surface area contributed by atoms with Gasteiger partial charge in [-0.3, -0.25) is 0 Å². The first-order valence-electron chi connectivity index (χ1n) is 11.7. The third kappa shape index (κ3) is 6.95. The van der Waals surface area contributed by atoms with Crippen LogP contribution in [0, 0.1) is 3.95 Å². The summed E-state index contributed by atoms with van der Waals surface area (Å²) in [6, 6.07) is 19.3. The SMILES string of the molecule is CCCCCCCCCCCCN(Cn1c(=S)sc2ccccc21)c1ccccc1. The van der Waals surface area contributed by atoms with Gasteiger partial charge in [0.2, 0.25) is 0 Å². The summed E-state index contributed by atoms with van der Waals surface area (Å²) in [5.41, 5.74) is 2.53. The lowest BCUT2D eigenvalue weighted by Gasteiger charge is -2.26. The molecular weight excluding hydrogens is 404 g/mol. The third-order valence-electron chi connectivity index (χ3n) is 5.79. The molecular formula is C26H36N2S2. The summed E-state index contributed by atoms with van der Waals surface area (Å²) in [6.45, 7) is 4.18. The van der Waals surface area contributed by atoms with Gasteiger partial charge in [0.1, 0.15) is 0 Å². The summed E-state index contributed by atoms with van der Waals surface area (Å²) in [7, 11) is 0. The van der Waals surface area contributed by atoms with E-state index in [1.165, 1.54) is 80.1 Å². The van der Waals surface area contributed by atoms with Gasteiger partial charge < -0.3 is 9.47 Å². The Balaban J connectivity index is 1.52. The molecule has 0 radical (unpaired) electrons. The van der Waals surface area contributed by atoms with Gasteiger partial charge in [0, 0.05) is 12.2 Å². The second-order valence-corrected chi connectivity index (χ2v) is 9.86. The molecule has 0 amide bonds. The molecule has 0 saturated carbocycles. The first-order valence-corrected chi connectivity index (χ1v) is 12.9. The maximum atomic E-state index is 5.70. The van der Waals surface area contributed by atoms with Gasteiger partial charge >= 0.3 is 0 Å². The van der Waals surface area contributed by atoms with Crippen molar-refractivity contribution in [3.8, 4) is 0 Å². The number of benzene rings is 2. The van der Waals surface area contributed by atoms with Gasteiger partial charge in [-0.25, -0.2) is 0 Å². The molecule has 0 unspecified atom stereocenters. The third-order valence-corrected chi connectivity index (χ3v) is 7.22. The minimum atomic E-state index is 0.824. The molecule has 162 valence electrons. The van der Waals surface area contributed by atoms with Crippen molar-refractivity contribution in [2.24, 2.45) is 0 Å². The van der Waals surface area contributed by atoms with Crippen molar-refractivity contribution in [3.05, 3.63) is 58.6 Å². The van der Waals surface area contributed by atoms with E-state index in [0.29, 0.717) is 0 Å². The zero-order valence-electron chi connectivity index (χ0n) is 18.4. The summed E-state index contributed by atoms with van der Waals surface area (Å²) in [4.78, 5) is 2.49. The number of fused-ring (bicyclic) bond motifs is 1. The lowest BCUT2D eigenvalue weighted by atomic mass is 10.1. The van der Waals surface area contributed by atoms with Crippen molar-refractivity contribution in [3.63, 3.8) is 0 Å². The van der Waals surface area contributed by atoms with E-state index in [0.717, 1.165) is 17.2 Å². The summed E-state index contributed by atoms with van der Waals surface area (Å²) in [6.07, 6.45) is 13.7. The molecule has 1 aromatic heterocycles. The van der Waals surface area contributed by atoms with E-state index < -0.39 is 0 Å². The van der Waals surface area contributed by atoms with Crippen LogP contribution < -0.4 is 4.90 Å². The first kappa shape index (κ1) is 23.0. The highest BCUT2D eigenvalue weighted by atomic mass is 32.1. The van der Waals surface area contributed by atoms with Gasteiger partial charge in [-0.15, -0.1) is 11.3 Å². The lowest BCUT2D eigenvalue weighted by molar-refractivity contribution is 0.547. The second-order valence-electron chi connectivity index (χ2n) is 8.19. The summed E-state index contributed by atoms with van der Waals surface area (Å²) in [5, 5.41) is 0. The minimum Gasteiger partial charge on any atom is -0.353 e. The van der Waals surface area contributed by atoms with Crippen LogP contribution in [0.25, 0.3) is 10.2 Å². The molecule has 3 aromatic rings. The van der Waals surface area contributed by atoms with Crippen LogP contribution in [0.5, 0.6) is 0 Å². The fraction of sp³-hybridized carbons (Fsp3) is 0.500. The molecule has 0 atom stereocenters. The Hall–Kier alpha value is -1.65. The van der Waals surface area contributed by atoms with Crippen molar-refractivity contribution < 1.29 is 0 Å². The predicted molar refractivity (Wildman–Crippen MR) is 136 cm³/mol. The average molecular weight is 441 g/mol. The summed E-state index contributed by atoms with van der Waals surface area (Å²) in [5.74, 6) is 0. The summed E-state index contributed by atoms with van der Waals surface area (Å²) >= 11 is 7.41. The number of para-hydroxylation sites is 2. The van der Waals surface area contributed by atoms with Crippen LogP contribution in [0.3, 0.4) is 0 Å². The molecule has 30 heavy (non-hydrogen) atoms. The first-order chi connectivity index (χ1) is 14.8. The van der Waals surface area contributed by atoms with E-state index in [9.17, 15) is 0 Å². The zero-order valence-corrected chi connectivity index (χ0v) is 20.0. The Morgan fingerprint density at radius 3 is 2.07 bits per heavy atom. The minimum absolute atomic E-state index is 0.824. The fourth-order valence-electron chi connectivity index (χ4n) is 4.03. The molecule has 4 heteroatoms. The molecule has 0 bridgehead atoms. The van der Waals surface area contributed by atoms with Gasteiger partial charge in [0.25, 0.3) is 0 Å². The van der Waals surface area contributed by atoms with Crippen LogP contribution in [-0.2, 0) is 6.67 Å². The Labute approximate surface area is 191 Å². The molecule has 3 rings (SSSR count). The largest absolute Gasteiger partial charge is 0.353 e. The summed E-state index contributed by atoms with van der Waals surface area (Å²) < 4.78 is 4.52. The molecule has 0 fully saturated rings. The Bertz CT molecular complexity index is 913. The number of thiazole rings is 1. The van der Waals surface area contributed by atoms with Crippen LogP contribution in [0.15, 0.2) is 54.6 Å². The van der Waals surface area contributed by atoms with E-state index in [1.54, 1.807) is 11.3 Å². The van der Waals surface area contributed by atoms with Crippen molar-refractivity contribution >= 4 is 39.5 Å². The highest BCUT2D eigenvalue weighted by molar-refractivity contribution is 7.73. The number of unbranched alkanes of at least 4 members (excludes halogenated alkanes) is 9. The van der Waals surface area contributed by atoms with Crippen LogP contribution in [0.2, 0.25) is 0 Å². The Morgan fingerprint density at radius 2 is 1.37 bits per heavy atom. The van der Waals surface area contributed by atoms with Crippen LogP contribution in [0.4, 0.5) is 5.69 Å². The van der Waals surface area contributed by atoms with Gasteiger partial charge in [-0.1, -0.05) is 95.0 Å². The Morgan fingerprint density at radius 1 is 0.767 bits per heavy atom. The smallest absolute Gasteiger partial charge is 0.163 e. The molecule has 1 heterocycles. The lowest BCUT2D eigenvalue weighted by Crippen LogP contribution is -2.27. The highest BCUT2D eigenvalue weighted by Gasteiger charge is 2.11. The van der Waals surface area contributed by atoms with E-state index in [4.69, 9.17) is 12.2 Å². The van der Waals surface area contributed by atoms with Gasteiger partial charge in [-0.05, 0) is 42.9 Å². The van der Waals surface area contributed by atoms with Crippen molar-refractivity contribution in [1.29, 1.82) is 0 Å². The fourth-order valence-corrected chi connectivity index (χ4v) is 5.34. The monoisotopic (exact) mass is 440 g/mol. The molecule has 0 aliphatic rings. The van der Waals surface area contributed by atoms with Gasteiger partial charge in [0.05, 0.1) is 16.9 Å². The van der Waals surface area contributed by atoms with E-state index >= 15 is 0 Å².